The topological polar surface area (TPSA) is 97.9 Å². The Labute approximate surface area is 148 Å². The summed E-state index contributed by atoms with van der Waals surface area (Å²) >= 11 is 7.69. The average Bonchev–Trinajstić information content (AvgIpc) is 2.94. The van der Waals surface area contributed by atoms with Crippen molar-refractivity contribution in [2.45, 2.75) is 6.04 Å². The number of nitrogens with two attached hydrogens (primary N) is 1. The van der Waals surface area contributed by atoms with Gasteiger partial charge in [-0.15, -0.1) is 11.3 Å². The Kier molecular flexibility index (Phi) is 4.41. The highest BCUT2D eigenvalue weighted by molar-refractivity contribution is 7.89. The summed E-state index contributed by atoms with van der Waals surface area (Å²) < 4.78 is 30.4. The van der Waals surface area contributed by atoms with Crippen LogP contribution in [0.1, 0.15) is 10.9 Å². The van der Waals surface area contributed by atoms with E-state index in [1.165, 1.54) is 18.4 Å². The first-order valence-corrected chi connectivity index (χ1v) is 9.70. The predicted octanol–water partition coefficient (Wildman–Crippen LogP) is 2.10. The highest BCUT2D eigenvalue weighted by Gasteiger charge is 2.33. The van der Waals surface area contributed by atoms with Gasteiger partial charge in [0.25, 0.3) is 0 Å². The second-order valence-electron chi connectivity index (χ2n) is 5.19. The number of sulfonamides is 1. The molecule has 7 nitrogen and oxygen atoms in total. The van der Waals surface area contributed by atoms with Crippen LogP contribution in [-0.4, -0.2) is 43.6 Å². The molecule has 1 atom stereocenters. The van der Waals surface area contributed by atoms with E-state index >= 15 is 0 Å². The van der Waals surface area contributed by atoms with Crippen molar-refractivity contribution in [1.82, 2.24) is 9.29 Å². The Bertz CT molecular complexity index is 910. The lowest BCUT2D eigenvalue weighted by Crippen LogP contribution is -2.44. The first kappa shape index (κ1) is 17.0. The number of rotatable bonds is 3. The van der Waals surface area contributed by atoms with E-state index in [1.807, 2.05) is 6.07 Å². The van der Waals surface area contributed by atoms with Crippen LogP contribution in [0.3, 0.4) is 0 Å². The normalized spacial score (nSPS) is 19.9. The van der Waals surface area contributed by atoms with E-state index < -0.39 is 16.1 Å². The zero-order valence-electron chi connectivity index (χ0n) is 12.9. The van der Waals surface area contributed by atoms with E-state index in [-0.39, 0.29) is 11.7 Å². The maximum atomic E-state index is 12.1. The summed E-state index contributed by atoms with van der Waals surface area (Å²) in [5.74, 6) is 0.420. The summed E-state index contributed by atoms with van der Waals surface area (Å²) in [6.07, 6.45) is 3.30. The van der Waals surface area contributed by atoms with Crippen LogP contribution in [0.2, 0.25) is 5.02 Å². The number of hydrogen-bond donors (Lipinski definition) is 1. The molecule has 24 heavy (non-hydrogen) atoms. The Morgan fingerprint density at radius 2 is 2.17 bits per heavy atom. The largest absolute Gasteiger partial charge is 0.495 e. The van der Waals surface area contributed by atoms with Gasteiger partial charge in [0, 0.05) is 28.6 Å². The minimum atomic E-state index is -3.50. The van der Waals surface area contributed by atoms with Gasteiger partial charge in [-0.05, 0) is 12.1 Å². The Morgan fingerprint density at radius 3 is 2.83 bits per heavy atom. The van der Waals surface area contributed by atoms with Gasteiger partial charge in [0.1, 0.15) is 11.8 Å². The molecule has 2 N–H and O–H groups in total. The second-order valence-corrected chi connectivity index (χ2v) is 8.72. The number of pyridine rings is 1. The van der Waals surface area contributed by atoms with Crippen molar-refractivity contribution in [2.75, 3.05) is 19.9 Å². The predicted molar refractivity (Wildman–Crippen MR) is 95.0 cm³/mol. The molecule has 0 bridgehead atoms. The third-order valence-corrected chi connectivity index (χ3v) is 7.11. The molecule has 3 rings (SSSR count). The minimum Gasteiger partial charge on any atom is -0.495 e. The lowest BCUT2D eigenvalue weighted by molar-refractivity contribution is 0.413. The number of aliphatic imine (C=N–C) groups is 1. The van der Waals surface area contributed by atoms with Crippen molar-refractivity contribution in [1.29, 1.82) is 0 Å². The standard InChI is InChI=1S/C14H15ClN4O3S2/c1-19-14(16)18-11(7-24(19,20)21)13-10(15)4-12(23-13)8-3-9(22-2)6-17-5-8/h3-6,11H,7H2,1-2H3,(H2,16,18)/t11-/m0/s1. The number of ether oxygens (including phenoxy) is 1. The van der Waals surface area contributed by atoms with Crippen LogP contribution in [0.4, 0.5) is 0 Å². The number of methoxy groups -OCH3 is 1. The molecular weight excluding hydrogens is 372 g/mol. The van der Waals surface area contributed by atoms with Crippen LogP contribution >= 0.6 is 22.9 Å². The van der Waals surface area contributed by atoms with Gasteiger partial charge >= 0.3 is 0 Å². The monoisotopic (exact) mass is 386 g/mol. The van der Waals surface area contributed by atoms with Crippen LogP contribution < -0.4 is 10.5 Å². The lowest BCUT2D eigenvalue weighted by Gasteiger charge is -2.26. The van der Waals surface area contributed by atoms with E-state index in [0.717, 1.165) is 14.7 Å². The summed E-state index contributed by atoms with van der Waals surface area (Å²) in [6, 6.07) is 2.99. The Hall–Kier alpha value is -1.84. The molecule has 0 saturated carbocycles. The fraction of sp³-hybridized carbons (Fsp3) is 0.286. The van der Waals surface area contributed by atoms with Gasteiger partial charge < -0.3 is 10.5 Å². The summed E-state index contributed by atoms with van der Waals surface area (Å²) in [5.41, 5.74) is 6.55. The van der Waals surface area contributed by atoms with Crippen LogP contribution in [0.25, 0.3) is 10.4 Å². The lowest BCUT2D eigenvalue weighted by atomic mass is 10.2. The maximum Gasteiger partial charge on any atom is 0.239 e. The molecule has 0 aromatic carbocycles. The quantitative estimate of drug-likeness (QED) is 0.871. The third-order valence-electron chi connectivity index (χ3n) is 3.65. The highest BCUT2D eigenvalue weighted by atomic mass is 35.5. The van der Waals surface area contributed by atoms with Gasteiger partial charge in [0.05, 0.1) is 24.1 Å². The summed E-state index contributed by atoms with van der Waals surface area (Å²) in [5, 5.41) is 0.458. The van der Waals surface area contributed by atoms with Gasteiger partial charge in [0.2, 0.25) is 16.0 Å². The average molecular weight is 387 g/mol. The molecule has 0 unspecified atom stereocenters. The summed E-state index contributed by atoms with van der Waals surface area (Å²) in [7, 11) is -0.551. The number of nitrogens with zero attached hydrogens (tertiary/aromatic N) is 3. The molecule has 10 heteroatoms. The van der Waals surface area contributed by atoms with Gasteiger partial charge in [0.15, 0.2) is 0 Å². The molecule has 0 amide bonds. The molecule has 0 radical (unpaired) electrons. The van der Waals surface area contributed by atoms with Gasteiger partial charge in [-0.3, -0.25) is 4.98 Å². The van der Waals surface area contributed by atoms with E-state index in [9.17, 15) is 8.42 Å². The van der Waals surface area contributed by atoms with Crippen molar-refractivity contribution in [3.8, 4) is 16.2 Å². The molecule has 0 spiro atoms. The van der Waals surface area contributed by atoms with Gasteiger partial charge in [-0.2, -0.15) is 0 Å². The fourth-order valence-electron chi connectivity index (χ4n) is 2.28. The van der Waals surface area contributed by atoms with Crippen molar-refractivity contribution in [3.63, 3.8) is 0 Å². The van der Waals surface area contributed by atoms with Crippen molar-refractivity contribution < 1.29 is 13.2 Å². The zero-order valence-corrected chi connectivity index (χ0v) is 15.3. The molecular formula is C14H15ClN4O3S2. The zero-order chi connectivity index (χ0) is 17.5. The molecule has 0 fully saturated rings. The van der Waals surface area contributed by atoms with Crippen molar-refractivity contribution in [2.24, 2.45) is 10.7 Å². The number of hydrogen-bond acceptors (Lipinski definition) is 7. The van der Waals surface area contributed by atoms with E-state index in [4.69, 9.17) is 22.1 Å². The number of aromatic nitrogens is 1. The molecule has 3 heterocycles. The number of halogens is 1. The molecule has 0 aliphatic carbocycles. The first-order chi connectivity index (χ1) is 11.3. The van der Waals surface area contributed by atoms with E-state index in [1.54, 1.807) is 25.6 Å². The van der Waals surface area contributed by atoms with E-state index in [0.29, 0.717) is 15.6 Å². The molecule has 0 saturated heterocycles. The summed E-state index contributed by atoms with van der Waals surface area (Å²) in [4.78, 5) is 9.89. The summed E-state index contributed by atoms with van der Waals surface area (Å²) in [6.45, 7) is 0. The molecule has 2 aromatic heterocycles. The molecule has 2 aromatic rings. The second kappa shape index (κ2) is 6.23. The highest BCUT2D eigenvalue weighted by Crippen LogP contribution is 2.41. The van der Waals surface area contributed by atoms with Crippen molar-refractivity contribution >= 4 is 38.9 Å². The minimum absolute atomic E-state index is 0.0414. The Morgan fingerprint density at radius 1 is 1.42 bits per heavy atom. The molecule has 128 valence electrons. The maximum absolute atomic E-state index is 12.1. The van der Waals surface area contributed by atoms with Gasteiger partial charge in [-0.25, -0.2) is 17.7 Å². The molecule has 1 aliphatic heterocycles. The van der Waals surface area contributed by atoms with Gasteiger partial charge in [-0.1, -0.05) is 11.6 Å². The van der Waals surface area contributed by atoms with Crippen molar-refractivity contribution in [3.05, 3.63) is 34.4 Å². The Balaban J connectivity index is 2.01. The van der Waals surface area contributed by atoms with Crippen LogP contribution in [-0.2, 0) is 10.0 Å². The van der Waals surface area contributed by atoms with Crippen LogP contribution in [0, 0.1) is 0 Å². The number of thiophene rings is 1. The SMILES string of the molecule is COc1cncc(-c2cc(Cl)c([C@@H]3CS(=O)(=O)N(C)C(N)=N3)s2)c1. The molecule has 1 aliphatic rings. The van der Waals surface area contributed by atoms with E-state index in [2.05, 4.69) is 9.98 Å². The smallest absolute Gasteiger partial charge is 0.239 e. The van der Waals surface area contributed by atoms with Crippen LogP contribution in [0.5, 0.6) is 5.75 Å². The number of guanidine groups is 1. The fourth-order valence-corrected chi connectivity index (χ4v) is 5.07. The van der Waals surface area contributed by atoms with Crippen LogP contribution in [0.15, 0.2) is 29.5 Å². The first-order valence-electron chi connectivity index (χ1n) is 6.90. The third kappa shape index (κ3) is 3.06.